The van der Waals surface area contributed by atoms with Crippen molar-refractivity contribution in [2.24, 2.45) is 5.92 Å². The Bertz CT molecular complexity index is 596. The van der Waals surface area contributed by atoms with Gasteiger partial charge < -0.3 is 14.5 Å². The molecule has 1 N–H and O–H groups in total. The number of H-pyrrole nitrogens is 1. The molecule has 0 bridgehead atoms. The quantitative estimate of drug-likeness (QED) is 0.859. The van der Waals surface area contributed by atoms with Crippen LogP contribution in [0.2, 0.25) is 0 Å². The molecule has 2 heterocycles. The lowest BCUT2D eigenvalue weighted by Gasteiger charge is -2.06. The Labute approximate surface area is 111 Å². The molecule has 1 atom stereocenters. The maximum atomic E-state index is 12.5. The first-order valence-corrected chi connectivity index (χ1v) is 6.65. The topological polar surface area (TPSA) is 51.3 Å². The standard InChI is InChI=1S/C15H17NO3/c1-2-19-11-3-4-14-12(7-11)13(8-16-14)15(17)10-5-6-18-9-10/h3-4,7-8,10,16H,2,5-6,9H2,1H3. The Morgan fingerprint density at radius 1 is 1.53 bits per heavy atom. The molecule has 4 nitrogen and oxygen atoms in total. The minimum absolute atomic E-state index is 0.00486. The molecule has 1 aromatic carbocycles. The molecule has 19 heavy (non-hydrogen) atoms. The average molecular weight is 259 g/mol. The first-order chi connectivity index (χ1) is 9.29. The van der Waals surface area contributed by atoms with Crippen LogP contribution in [0, 0.1) is 5.92 Å². The molecule has 0 radical (unpaired) electrons. The van der Waals surface area contributed by atoms with Gasteiger partial charge in [-0.25, -0.2) is 0 Å². The Hall–Kier alpha value is -1.81. The fourth-order valence-electron chi connectivity index (χ4n) is 2.52. The van der Waals surface area contributed by atoms with Crippen molar-refractivity contribution in [1.29, 1.82) is 0 Å². The third-order valence-electron chi connectivity index (χ3n) is 3.53. The van der Waals surface area contributed by atoms with Crippen LogP contribution in [0.5, 0.6) is 5.75 Å². The molecule has 100 valence electrons. The third-order valence-corrected chi connectivity index (χ3v) is 3.53. The number of benzene rings is 1. The number of nitrogens with one attached hydrogen (secondary N) is 1. The number of ether oxygens (including phenoxy) is 2. The van der Waals surface area contributed by atoms with Crippen LogP contribution in [-0.4, -0.2) is 30.6 Å². The van der Waals surface area contributed by atoms with Crippen LogP contribution in [0.1, 0.15) is 23.7 Å². The SMILES string of the molecule is CCOc1ccc2[nH]cc(C(=O)C3CCOC3)c2c1. The predicted molar refractivity (Wildman–Crippen MR) is 72.7 cm³/mol. The van der Waals surface area contributed by atoms with Crippen LogP contribution in [0.4, 0.5) is 0 Å². The number of Topliss-reactive ketones (excluding diaryl/α,β-unsaturated/α-hetero) is 1. The van der Waals surface area contributed by atoms with Crippen LogP contribution in [0.15, 0.2) is 24.4 Å². The fourth-order valence-corrected chi connectivity index (χ4v) is 2.52. The van der Waals surface area contributed by atoms with Gasteiger partial charge in [0.05, 0.1) is 13.2 Å². The van der Waals surface area contributed by atoms with Gasteiger partial charge in [0, 0.05) is 35.2 Å². The van der Waals surface area contributed by atoms with Crippen molar-refractivity contribution < 1.29 is 14.3 Å². The number of hydrogen-bond acceptors (Lipinski definition) is 3. The fraction of sp³-hybridized carbons (Fsp3) is 0.400. The minimum Gasteiger partial charge on any atom is -0.494 e. The lowest BCUT2D eigenvalue weighted by atomic mass is 9.97. The van der Waals surface area contributed by atoms with Crippen molar-refractivity contribution in [2.45, 2.75) is 13.3 Å². The number of fused-ring (bicyclic) bond motifs is 1. The maximum Gasteiger partial charge on any atom is 0.170 e. The summed E-state index contributed by atoms with van der Waals surface area (Å²) in [5.74, 6) is 0.957. The molecule has 0 spiro atoms. The molecule has 1 aliphatic rings. The second-order valence-electron chi connectivity index (χ2n) is 4.77. The van der Waals surface area contributed by atoms with Gasteiger partial charge in [-0.1, -0.05) is 0 Å². The molecular weight excluding hydrogens is 242 g/mol. The van der Waals surface area contributed by atoms with Gasteiger partial charge in [0.1, 0.15) is 5.75 Å². The number of aromatic amines is 1. The summed E-state index contributed by atoms with van der Waals surface area (Å²) in [6.45, 7) is 3.79. The summed E-state index contributed by atoms with van der Waals surface area (Å²) in [7, 11) is 0. The van der Waals surface area contributed by atoms with Crippen molar-refractivity contribution in [3.05, 3.63) is 30.0 Å². The second kappa shape index (κ2) is 5.05. The molecule has 3 rings (SSSR count). The first-order valence-electron chi connectivity index (χ1n) is 6.65. The Balaban J connectivity index is 1.98. The zero-order chi connectivity index (χ0) is 13.2. The van der Waals surface area contributed by atoms with E-state index < -0.39 is 0 Å². The number of rotatable bonds is 4. The number of carbonyl (C=O) groups is 1. The maximum absolute atomic E-state index is 12.5. The first kappa shape index (κ1) is 12.2. The molecule has 0 saturated carbocycles. The van der Waals surface area contributed by atoms with Gasteiger partial charge in [-0.15, -0.1) is 0 Å². The zero-order valence-electron chi connectivity index (χ0n) is 10.9. The second-order valence-corrected chi connectivity index (χ2v) is 4.77. The number of carbonyl (C=O) groups excluding carboxylic acids is 1. The number of ketones is 1. The van der Waals surface area contributed by atoms with Gasteiger partial charge in [-0.3, -0.25) is 4.79 Å². The Morgan fingerprint density at radius 2 is 2.42 bits per heavy atom. The highest BCUT2D eigenvalue weighted by Crippen LogP contribution is 2.27. The monoisotopic (exact) mass is 259 g/mol. The zero-order valence-corrected chi connectivity index (χ0v) is 10.9. The Morgan fingerprint density at radius 3 is 3.16 bits per heavy atom. The van der Waals surface area contributed by atoms with Gasteiger partial charge in [-0.2, -0.15) is 0 Å². The molecule has 0 aliphatic carbocycles. The van der Waals surface area contributed by atoms with Gasteiger partial charge >= 0.3 is 0 Å². The largest absolute Gasteiger partial charge is 0.494 e. The van der Waals surface area contributed by atoms with Crippen molar-refractivity contribution in [2.75, 3.05) is 19.8 Å². The van der Waals surface area contributed by atoms with Crippen molar-refractivity contribution in [1.82, 2.24) is 4.98 Å². The number of hydrogen-bond donors (Lipinski definition) is 1. The van der Waals surface area contributed by atoms with E-state index in [1.165, 1.54) is 0 Å². The lowest BCUT2D eigenvalue weighted by Crippen LogP contribution is -2.14. The lowest BCUT2D eigenvalue weighted by molar-refractivity contribution is 0.0902. The average Bonchev–Trinajstić information content (AvgIpc) is 3.07. The summed E-state index contributed by atoms with van der Waals surface area (Å²) in [6.07, 6.45) is 2.61. The van der Waals surface area contributed by atoms with E-state index in [4.69, 9.17) is 9.47 Å². The molecular formula is C15H17NO3. The molecule has 1 unspecified atom stereocenters. The van der Waals surface area contributed by atoms with Crippen molar-refractivity contribution >= 4 is 16.7 Å². The Kier molecular flexibility index (Phi) is 3.25. The van der Waals surface area contributed by atoms with Crippen LogP contribution < -0.4 is 4.74 Å². The summed E-state index contributed by atoms with van der Waals surface area (Å²) >= 11 is 0. The van der Waals surface area contributed by atoms with E-state index in [1.54, 1.807) is 6.20 Å². The van der Waals surface area contributed by atoms with E-state index in [2.05, 4.69) is 4.98 Å². The van der Waals surface area contributed by atoms with Gasteiger partial charge in [0.2, 0.25) is 0 Å². The van der Waals surface area contributed by atoms with Gasteiger partial charge in [0.25, 0.3) is 0 Å². The van der Waals surface area contributed by atoms with E-state index >= 15 is 0 Å². The summed E-state index contributed by atoms with van der Waals surface area (Å²) < 4.78 is 10.8. The van der Waals surface area contributed by atoms with Crippen LogP contribution in [-0.2, 0) is 4.74 Å². The molecule has 2 aromatic rings. The van der Waals surface area contributed by atoms with E-state index in [-0.39, 0.29) is 11.7 Å². The molecule has 1 saturated heterocycles. The third kappa shape index (κ3) is 2.24. The highest BCUT2D eigenvalue weighted by atomic mass is 16.5. The van der Waals surface area contributed by atoms with Crippen LogP contribution >= 0.6 is 0 Å². The van der Waals surface area contributed by atoms with E-state index in [1.807, 2.05) is 25.1 Å². The molecule has 1 aromatic heterocycles. The summed E-state index contributed by atoms with van der Waals surface area (Å²) in [5, 5.41) is 0.933. The summed E-state index contributed by atoms with van der Waals surface area (Å²) in [6, 6.07) is 5.79. The van der Waals surface area contributed by atoms with Crippen LogP contribution in [0.25, 0.3) is 10.9 Å². The van der Waals surface area contributed by atoms with Crippen LogP contribution in [0.3, 0.4) is 0 Å². The molecule has 4 heteroatoms. The van der Waals surface area contributed by atoms with Gasteiger partial charge in [-0.05, 0) is 31.5 Å². The number of aromatic nitrogens is 1. The highest BCUT2D eigenvalue weighted by molar-refractivity contribution is 6.09. The normalized spacial score (nSPS) is 18.9. The predicted octanol–water partition coefficient (Wildman–Crippen LogP) is 2.79. The van der Waals surface area contributed by atoms with Gasteiger partial charge in [0.15, 0.2) is 5.78 Å². The summed E-state index contributed by atoms with van der Waals surface area (Å²) in [5.41, 5.74) is 1.71. The minimum atomic E-state index is -0.00486. The van der Waals surface area contributed by atoms with E-state index in [9.17, 15) is 4.79 Å². The summed E-state index contributed by atoms with van der Waals surface area (Å²) in [4.78, 5) is 15.6. The van der Waals surface area contributed by atoms with Crippen molar-refractivity contribution in [3.8, 4) is 5.75 Å². The molecule has 0 amide bonds. The highest BCUT2D eigenvalue weighted by Gasteiger charge is 2.26. The van der Waals surface area contributed by atoms with Crippen molar-refractivity contribution in [3.63, 3.8) is 0 Å². The molecule has 1 aliphatic heterocycles. The smallest absolute Gasteiger partial charge is 0.170 e. The molecule has 1 fully saturated rings. The van der Waals surface area contributed by atoms with E-state index in [0.717, 1.165) is 28.6 Å². The van der Waals surface area contributed by atoms with E-state index in [0.29, 0.717) is 19.8 Å².